The zero-order chi connectivity index (χ0) is 12.7. The fraction of sp³-hybridized carbons (Fsp3) is 0.571. The first-order chi connectivity index (χ1) is 8.15. The fourth-order valence-electron chi connectivity index (χ4n) is 2.09. The monoisotopic (exact) mass is 236 g/mol. The first-order valence-corrected chi connectivity index (χ1v) is 6.26. The maximum Gasteiger partial charge on any atom is 0.0481 e. The van der Waals surface area contributed by atoms with Gasteiger partial charge in [-0.15, -0.1) is 0 Å². The number of ether oxygens (including phenoxy) is 1. The highest BCUT2D eigenvalue weighted by molar-refractivity contribution is 5.29. The molecule has 0 aliphatic carbocycles. The van der Waals surface area contributed by atoms with Crippen LogP contribution in [0.3, 0.4) is 0 Å². The Balaban J connectivity index is 2.54. The van der Waals surface area contributed by atoms with Crippen LogP contribution < -0.4 is 11.3 Å². The maximum absolute atomic E-state index is 5.57. The minimum atomic E-state index is 0.280. The summed E-state index contributed by atoms with van der Waals surface area (Å²) < 4.78 is 5.36. The van der Waals surface area contributed by atoms with Gasteiger partial charge in [-0.3, -0.25) is 11.3 Å². The van der Waals surface area contributed by atoms with Crippen molar-refractivity contribution in [1.82, 2.24) is 5.43 Å². The zero-order valence-corrected chi connectivity index (χ0v) is 11.1. The molecule has 17 heavy (non-hydrogen) atoms. The highest BCUT2D eigenvalue weighted by Gasteiger charge is 2.08. The van der Waals surface area contributed by atoms with Crippen molar-refractivity contribution in [3.63, 3.8) is 0 Å². The second-order valence-electron chi connectivity index (χ2n) is 4.55. The van der Waals surface area contributed by atoms with Gasteiger partial charge >= 0.3 is 0 Å². The van der Waals surface area contributed by atoms with Crippen molar-refractivity contribution in [1.29, 1.82) is 0 Å². The van der Waals surface area contributed by atoms with Gasteiger partial charge in [0, 0.05) is 19.3 Å². The molecule has 0 bridgehead atoms. The van der Waals surface area contributed by atoms with Crippen LogP contribution in [0.25, 0.3) is 0 Å². The molecule has 3 N–H and O–H groups in total. The quantitative estimate of drug-likeness (QED) is 0.433. The number of nitrogens with two attached hydrogens (primary N) is 1. The van der Waals surface area contributed by atoms with Crippen LogP contribution in [-0.4, -0.2) is 19.3 Å². The Kier molecular flexibility index (Phi) is 6.19. The molecule has 0 aliphatic heterocycles. The lowest BCUT2D eigenvalue weighted by Crippen LogP contribution is -2.37. The Morgan fingerprint density at radius 2 is 1.88 bits per heavy atom. The third-order valence-electron chi connectivity index (χ3n) is 2.81. The number of benzene rings is 1. The van der Waals surface area contributed by atoms with E-state index in [1.165, 1.54) is 16.7 Å². The number of rotatable bonds is 7. The minimum absolute atomic E-state index is 0.280. The van der Waals surface area contributed by atoms with Gasteiger partial charge in [-0.25, -0.2) is 0 Å². The molecular weight excluding hydrogens is 212 g/mol. The van der Waals surface area contributed by atoms with Crippen LogP contribution in [0.5, 0.6) is 0 Å². The third-order valence-corrected chi connectivity index (χ3v) is 2.81. The molecule has 0 aromatic heterocycles. The van der Waals surface area contributed by atoms with Crippen LogP contribution in [-0.2, 0) is 11.2 Å². The number of nitrogens with one attached hydrogen (secondary N) is 1. The summed E-state index contributed by atoms with van der Waals surface area (Å²) in [7, 11) is 0. The lowest BCUT2D eigenvalue weighted by molar-refractivity contribution is 0.136. The van der Waals surface area contributed by atoms with Gasteiger partial charge in [-0.05, 0) is 39.2 Å². The van der Waals surface area contributed by atoms with Gasteiger partial charge in [-0.1, -0.05) is 29.3 Å². The maximum atomic E-state index is 5.57. The van der Waals surface area contributed by atoms with Crippen LogP contribution in [0.1, 0.15) is 30.0 Å². The largest absolute Gasteiger partial charge is 0.382 e. The van der Waals surface area contributed by atoms with E-state index < -0.39 is 0 Å². The predicted octanol–water partition coefficient (Wildman–Crippen LogP) is 2.10. The van der Waals surface area contributed by atoms with Crippen molar-refractivity contribution >= 4 is 0 Å². The summed E-state index contributed by atoms with van der Waals surface area (Å²) in [5.74, 6) is 5.57. The molecule has 96 valence electrons. The SMILES string of the molecule is CCOCCC(Cc1cc(C)cc(C)c1)NN. The Hall–Kier alpha value is -0.900. The highest BCUT2D eigenvalue weighted by Crippen LogP contribution is 2.12. The third kappa shape index (κ3) is 5.31. The van der Waals surface area contributed by atoms with Crippen molar-refractivity contribution in [3.05, 3.63) is 34.9 Å². The van der Waals surface area contributed by atoms with Crippen molar-refractivity contribution in [2.24, 2.45) is 5.84 Å². The second-order valence-corrected chi connectivity index (χ2v) is 4.55. The Morgan fingerprint density at radius 3 is 2.41 bits per heavy atom. The average Bonchev–Trinajstić information content (AvgIpc) is 2.26. The van der Waals surface area contributed by atoms with E-state index >= 15 is 0 Å². The molecule has 1 unspecified atom stereocenters. The van der Waals surface area contributed by atoms with Gasteiger partial charge in [-0.2, -0.15) is 0 Å². The molecule has 0 aliphatic rings. The van der Waals surface area contributed by atoms with Crippen molar-refractivity contribution in [2.45, 2.75) is 39.7 Å². The molecule has 0 spiro atoms. The van der Waals surface area contributed by atoms with Crippen LogP contribution in [0, 0.1) is 13.8 Å². The molecule has 0 saturated heterocycles. The lowest BCUT2D eigenvalue weighted by Gasteiger charge is -2.16. The van der Waals surface area contributed by atoms with E-state index in [1.807, 2.05) is 6.92 Å². The van der Waals surface area contributed by atoms with Crippen molar-refractivity contribution in [3.8, 4) is 0 Å². The van der Waals surface area contributed by atoms with Crippen LogP contribution >= 0.6 is 0 Å². The lowest BCUT2D eigenvalue weighted by atomic mass is 10.00. The van der Waals surface area contributed by atoms with E-state index in [1.54, 1.807) is 0 Å². The van der Waals surface area contributed by atoms with E-state index in [4.69, 9.17) is 10.6 Å². The Bertz CT molecular complexity index is 319. The first kappa shape index (κ1) is 14.2. The van der Waals surface area contributed by atoms with Gasteiger partial charge in [0.15, 0.2) is 0 Å². The van der Waals surface area contributed by atoms with E-state index in [0.717, 1.165) is 26.1 Å². The van der Waals surface area contributed by atoms with Gasteiger partial charge in [0.25, 0.3) is 0 Å². The minimum Gasteiger partial charge on any atom is -0.382 e. The van der Waals surface area contributed by atoms with Crippen LogP contribution in [0.4, 0.5) is 0 Å². The highest BCUT2D eigenvalue weighted by atomic mass is 16.5. The summed E-state index contributed by atoms with van der Waals surface area (Å²) in [6.45, 7) is 7.79. The smallest absolute Gasteiger partial charge is 0.0481 e. The van der Waals surface area contributed by atoms with Gasteiger partial charge in [0.05, 0.1) is 0 Å². The molecule has 0 radical (unpaired) electrons. The molecule has 0 heterocycles. The molecule has 1 rings (SSSR count). The summed E-state index contributed by atoms with van der Waals surface area (Å²) in [4.78, 5) is 0. The van der Waals surface area contributed by atoms with Crippen molar-refractivity contribution < 1.29 is 4.74 Å². The zero-order valence-electron chi connectivity index (χ0n) is 11.1. The standard InChI is InChI=1S/C14H24N2O/c1-4-17-6-5-14(16-15)10-13-8-11(2)7-12(3)9-13/h7-9,14,16H,4-6,10,15H2,1-3H3. The molecule has 1 atom stereocenters. The van der Waals surface area contributed by atoms with Gasteiger partial charge in [0.2, 0.25) is 0 Å². The fourth-order valence-corrected chi connectivity index (χ4v) is 2.09. The normalized spacial score (nSPS) is 12.7. The number of hydrogen-bond donors (Lipinski definition) is 2. The first-order valence-electron chi connectivity index (χ1n) is 6.26. The molecule has 3 heteroatoms. The average molecular weight is 236 g/mol. The molecule has 1 aromatic rings. The Morgan fingerprint density at radius 1 is 1.24 bits per heavy atom. The van der Waals surface area contributed by atoms with E-state index in [0.29, 0.717) is 0 Å². The van der Waals surface area contributed by atoms with E-state index in [-0.39, 0.29) is 6.04 Å². The predicted molar refractivity (Wildman–Crippen MR) is 71.8 cm³/mol. The van der Waals surface area contributed by atoms with E-state index in [2.05, 4.69) is 37.5 Å². The van der Waals surface area contributed by atoms with E-state index in [9.17, 15) is 0 Å². The summed E-state index contributed by atoms with van der Waals surface area (Å²) in [6, 6.07) is 6.91. The molecule has 0 amide bonds. The summed E-state index contributed by atoms with van der Waals surface area (Å²) in [5, 5.41) is 0. The molecule has 3 nitrogen and oxygen atoms in total. The molecule has 0 saturated carbocycles. The number of hydrazine groups is 1. The number of aryl methyl sites for hydroxylation is 2. The van der Waals surface area contributed by atoms with Crippen molar-refractivity contribution in [2.75, 3.05) is 13.2 Å². The molecule has 1 aromatic carbocycles. The Labute approximate surface area is 104 Å². The van der Waals surface area contributed by atoms with Crippen LogP contribution in [0.15, 0.2) is 18.2 Å². The topological polar surface area (TPSA) is 47.3 Å². The van der Waals surface area contributed by atoms with Crippen LogP contribution in [0.2, 0.25) is 0 Å². The van der Waals surface area contributed by atoms with Gasteiger partial charge in [0.1, 0.15) is 0 Å². The number of hydrogen-bond acceptors (Lipinski definition) is 3. The second kappa shape index (κ2) is 7.43. The summed E-state index contributed by atoms with van der Waals surface area (Å²) in [6.07, 6.45) is 1.89. The summed E-state index contributed by atoms with van der Waals surface area (Å²) in [5.41, 5.74) is 6.82. The molecular formula is C14H24N2O. The summed E-state index contributed by atoms with van der Waals surface area (Å²) >= 11 is 0. The van der Waals surface area contributed by atoms with Gasteiger partial charge < -0.3 is 4.74 Å². The molecule has 0 fully saturated rings.